The van der Waals surface area contributed by atoms with Crippen molar-refractivity contribution < 1.29 is 24.2 Å². The van der Waals surface area contributed by atoms with Crippen LogP contribution in [0.4, 0.5) is 5.69 Å². The number of likely N-dealkylation sites (tertiary alicyclic amines) is 2. The van der Waals surface area contributed by atoms with Gasteiger partial charge in [0.1, 0.15) is 0 Å². The zero-order chi connectivity index (χ0) is 31.9. The van der Waals surface area contributed by atoms with Gasteiger partial charge in [0.05, 0.1) is 28.3 Å². The lowest BCUT2D eigenvalue weighted by atomic mass is 9.87. The normalized spacial score (nSPS) is 22.7. The summed E-state index contributed by atoms with van der Waals surface area (Å²) in [5.74, 6) is -2.36. The molecule has 1 aliphatic carbocycles. The van der Waals surface area contributed by atoms with Crippen molar-refractivity contribution in [1.82, 2.24) is 14.4 Å². The number of carboxylic acids is 1. The maximum atomic E-state index is 14.6. The average Bonchev–Trinajstić information content (AvgIpc) is 3.66. The quantitative estimate of drug-likeness (QED) is 0.268. The number of anilines is 1. The Morgan fingerprint density at radius 2 is 1.69 bits per heavy atom. The SMILES string of the molecule is CC1CN(C(O[C@H]2CC[C@H](C(=O)O)CC2)(C(=O)Cc2cc(Cl)c(NC(=O)c3cn(C)c4ccccc34)cc2Cl)N2CCCC2)C1. The van der Waals surface area contributed by atoms with Gasteiger partial charge in [0.25, 0.3) is 5.91 Å². The molecule has 45 heavy (non-hydrogen) atoms. The second-order valence-electron chi connectivity index (χ2n) is 12.9. The summed E-state index contributed by atoms with van der Waals surface area (Å²) in [5, 5.41) is 13.8. The van der Waals surface area contributed by atoms with Crippen LogP contribution in [0.3, 0.4) is 0 Å². The molecule has 1 atom stereocenters. The van der Waals surface area contributed by atoms with Crippen molar-refractivity contribution in [3.05, 3.63) is 63.8 Å². The number of amides is 1. The van der Waals surface area contributed by atoms with E-state index in [-0.39, 0.29) is 35.2 Å². The Balaban J connectivity index is 1.25. The molecule has 1 unspecified atom stereocenters. The van der Waals surface area contributed by atoms with Gasteiger partial charge in [0.15, 0.2) is 5.78 Å². The van der Waals surface area contributed by atoms with Crippen LogP contribution >= 0.6 is 23.2 Å². The van der Waals surface area contributed by atoms with Gasteiger partial charge in [-0.2, -0.15) is 0 Å². The second-order valence-corrected chi connectivity index (χ2v) is 13.7. The average molecular weight is 656 g/mol. The molecule has 0 radical (unpaired) electrons. The van der Waals surface area contributed by atoms with E-state index in [1.807, 2.05) is 35.9 Å². The number of nitrogens with zero attached hydrogens (tertiary/aromatic N) is 3. The third kappa shape index (κ3) is 6.25. The van der Waals surface area contributed by atoms with Crippen LogP contribution in [0.5, 0.6) is 0 Å². The highest BCUT2D eigenvalue weighted by Crippen LogP contribution is 2.40. The number of rotatable bonds is 10. The van der Waals surface area contributed by atoms with Crippen LogP contribution in [0.1, 0.15) is 61.4 Å². The number of aryl methyl sites for hydroxylation is 1. The molecule has 3 fully saturated rings. The van der Waals surface area contributed by atoms with Crippen molar-refractivity contribution in [3.63, 3.8) is 0 Å². The molecular weight excluding hydrogens is 615 g/mol. The van der Waals surface area contributed by atoms with Crippen molar-refractivity contribution in [1.29, 1.82) is 0 Å². The summed E-state index contributed by atoms with van der Waals surface area (Å²) < 4.78 is 8.79. The first kappa shape index (κ1) is 32.0. The van der Waals surface area contributed by atoms with Crippen LogP contribution < -0.4 is 5.32 Å². The lowest BCUT2D eigenvalue weighted by Gasteiger charge is -2.55. The topological polar surface area (TPSA) is 104 Å². The number of carboxylic acid groups (broad SMARTS) is 1. The van der Waals surface area contributed by atoms with E-state index >= 15 is 0 Å². The number of para-hydroxylation sites is 1. The maximum absolute atomic E-state index is 14.6. The van der Waals surface area contributed by atoms with Gasteiger partial charge in [-0.25, -0.2) is 0 Å². The monoisotopic (exact) mass is 654 g/mol. The van der Waals surface area contributed by atoms with Gasteiger partial charge < -0.3 is 19.7 Å². The number of aromatic nitrogens is 1. The van der Waals surface area contributed by atoms with Crippen LogP contribution in [-0.4, -0.2) is 75.3 Å². The number of fused-ring (bicyclic) bond motifs is 1. The number of ether oxygens (including phenoxy) is 1. The molecular formula is C34H40Cl2N4O5. The van der Waals surface area contributed by atoms with Gasteiger partial charge in [-0.3, -0.25) is 24.2 Å². The molecule has 3 heterocycles. The zero-order valence-corrected chi connectivity index (χ0v) is 27.2. The first-order valence-corrected chi connectivity index (χ1v) is 16.6. The predicted octanol–water partition coefficient (Wildman–Crippen LogP) is 6.21. The maximum Gasteiger partial charge on any atom is 0.306 e. The van der Waals surface area contributed by atoms with Crippen molar-refractivity contribution >= 4 is 57.5 Å². The Kier molecular flexibility index (Phi) is 9.28. The van der Waals surface area contributed by atoms with Crippen molar-refractivity contribution in [2.75, 3.05) is 31.5 Å². The van der Waals surface area contributed by atoms with Crippen molar-refractivity contribution in [2.24, 2.45) is 18.9 Å². The molecule has 1 saturated carbocycles. The molecule has 2 aliphatic heterocycles. The van der Waals surface area contributed by atoms with Crippen molar-refractivity contribution in [3.8, 4) is 0 Å². The zero-order valence-electron chi connectivity index (χ0n) is 25.7. The summed E-state index contributed by atoms with van der Waals surface area (Å²) in [7, 11) is 1.89. The molecule has 0 spiro atoms. The summed E-state index contributed by atoms with van der Waals surface area (Å²) in [4.78, 5) is 43.7. The van der Waals surface area contributed by atoms with Crippen LogP contribution in [0, 0.1) is 11.8 Å². The minimum atomic E-state index is -1.25. The molecule has 2 N–H and O–H groups in total. The highest BCUT2D eigenvalue weighted by atomic mass is 35.5. The highest BCUT2D eigenvalue weighted by Gasteiger charge is 2.55. The number of Topliss-reactive ketones (excluding diaryl/α,β-unsaturated/α-hetero) is 1. The van der Waals surface area contributed by atoms with Gasteiger partial charge in [-0.05, 0) is 68.2 Å². The van der Waals surface area contributed by atoms with E-state index in [0.717, 1.165) is 49.9 Å². The van der Waals surface area contributed by atoms with Gasteiger partial charge in [-0.15, -0.1) is 0 Å². The summed E-state index contributed by atoms with van der Waals surface area (Å²) in [6.45, 7) is 5.12. The molecule has 11 heteroatoms. The molecule has 6 rings (SSSR count). The lowest BCUT2D eigenvalue weighted by molar-refractivity contribution is -0.274. The fraction of sp³-hybridized carbons (Fsp3) is 0.500. The first-order chi connectivity index (χ1) is 21.6. The largest absolute Gasteiger partial charge is 0.481 e. The number of nitrogens with one attached hydrogen (secondary N) is 1. The number of halogens is 2. The van der Waals surface area contributed by atoms with Crippen LogP contribution in [-0.2, 0) is 27.8 Å². The molecule has 1 aromatic heterocycles. The van der Waals surface area contributed by atoms with E-state index in [1.165, 1.54) is 0 Å². The minimum Gasteiger partial charge on any atom is -0.481 e. The highest BCUT2D eigenvalue weighted by molar-refractivity contribution is 6.36. The summed E-state index contributed by atoms with van der Waals surface area (Å²) >= 11 is 13.5. The standard InChI is InChI=1S/C34H40Cl2N4O5/c1-21-18-40(19-21)34(39-13-5-6-14-39,45-24-11-9-22(10-12-24)33(43)44)31(41)16-23-15-28(36)29(17-27(23)35)37-32(42)26-20-38(2)30-8-4-3-7-25(26)30/h3-4,7-8,15,17,20-22,24H,5-6,9-14,16,18-19H2,1-2H3,(H,37,42)(H,43,44)/t22-,24-,34?. The third-order valence-corrected chi connectivity index (χ3v) is 10.3. The number of hydrogen-bond acceptors (Lipinski definition) is 6. The number of aliphatic carboxylic acids is 1. The fourth-order valence-corrected chi connectivity index (χ4v) is 7.68. The van der Waals surface area contributed by atoms with E-state index < -0.39 is 11.8 Å². The van der Waals surface area contributed by atoms with Gasteiger partial charge in [0, 0.05) is 61.8 Å². The number of hydrogen-bond donors (Lipinski definition) is 2. The molecule has 3 aromatic rings. The van der Waals surface area contributed by atoms with Gasteiger partial charge in [0.2, 0.25) is 5.85 Å². The van der Waals surface area contributed by atoms with Crippen LogP contribution in [0.15, 0.2) is 42.6 Å². The Morgan fingerprint density at radius 3 is 2.36 bits per heavy atom. The second kappa shape index (κ2) is 13.0. The van der Waals surface area contributed by atoms with Gasteiger partial charge in [-0.1, -0.05) is 48.3 Å². The smallest absolute Gasteiger partial charge is 0.306 e. The summed E-state index contributed by atoms with van der Waals surface area (Å²) in [6.07, 6.45) is 5.79. The molecule has 0 bridgehead atoms. The Labute approximate surface area is 273 Å². The third-order valence-electron chi connectivity index (χ3n) is 9.62. The van der Waals surface area contributed by atoms with E-state index in [9.17, 15) is 19.5 Å². The molecule has 3 aliphatic rings. The number of ketones is 1. The predicted molar refractivity (Wildman–Crippen MR) is 175 cm³/mol. The Morgan fingerprint density at radius 1 is 1.00 bits per heavy atom. The summed E-state index contributed by atoms with van der Waals surface area (Å²) in [6, 6.07) is 10.9. The minimum absolute atomic E-state index is 0.00194. The van der Waals surface area contributed by atoms with E-state index in [0.29, 0.717) is 53.4 Å². The van der Waals surface area contributed by atoms with Crippen LogP contribution in [0.2, 0.25) is 10.0 Å². The number of benzene rings is 2. The Bertz CT molecular complexity index is 1610. The van der Waals surface area contributed by atoms with Gasteiger partial charge >= 0.3 is 5.97 Å². The van der Waals surface area contributed by atoms with E-state index in [4.69, 9.17) is 27.9 Å². The summed E-state index contributed by atoms with van der Waals surface area (Å²) in [5.41, 5.74) is 2.39. The molecule has 1 amide bonds. The van der Waals surface area contributed by atoms with E-state index in [2.05, 4.69) is 22.0 Å². The number of carbonyl (C=O) groups is 3. The molecule has 9 nitrogen and oxygen atoms in total. The molecule has 240 valence electrons. The number of carbonyl (C=O) groups excluding carboxylic acids is 2. The van der Waals surface area contributed by atoms with Crippen molar-refractivity contribution in [2.45, 2.75) is 63.8 Å². The molecule has 2 aromatic carbocycles. The van der Waals surface area contributed by atoms with E-state index in [1.54, 1.807) is 18.3 Å². The fourth-order valence-electron chi connectivity index (χ4n) is 7.21. The Hall–Kier alpha value is -2.95. The first-order valence-electron chi connectivity index (χ1n) is 15.8. The lowest BCUT2D eigenvalue weighted by Crippen LogP contribution is -2.72. The van der Waals surface area contributed by atoms with Crippen LogP contribution in [0.25, 0.3) is 10.9 Å². The molecule has 2 saturated heterocycles.